The van der Waals surface area contributed by atoms with Crippen LogP contribution < -0.4 is 34.4 Å². The molecule has 4 rings (SSSR count). The van der Waals surface area contributed by atoms with Gasteiger partial charge < -0.3 is 78.9 Å². The Morgan fingerprint density at radius 2 is 1.35 bits per heavy atom. The molecule has 17 atom stereocenters. The first-order valence-corrected chi connectivity index (χ1v) is 14.4. The van der Waals surface area contributed by atoms with E-state index in [4.69, 9.17) is 53.3 Å². The first-order valence-electron chi connectivity index (χ1n) is 14.4. The zero-order chi connectivity index (χ0) is 29.3. The molecule has 0 aromatic carbocycles. The van der Waals surface area contributed by atoms with Gasteiger partial charge in [-0.25, -0.2) is 0 Å². The largest absolute Gasteiger partial charge is 0.394 e. The molecule has 4 aliphatic rings. The van der Waals surface area contributed by atoms with E-state index < -0.39 is 91.9 Å². The van der Waals surface area contributed by atoms with Gasteiger partial charge in [0.05, 0.1) is 43.2 Å². The van der Waals surface area contributed by atoms with Gasteiger partial charge in [-0.15, -0.1) is 0 Å². The normalized spacial score (nSPS) is 52.1. The van der Waals surface area contributed by atoms with Crippen molar-refractivity contribution >= 4 is 0 Å². The van der Waals surface area contributed by atoms with Crippen molar-refractivity contribution < 1.29 is 44.5 Å². The summed E-state index contributed by atoms with van der Waals surface area (Å²) in [7, 11) is 0. The molecule has 0 bridgehead atoms. The molecule has 40 heavy (non-hydrogen) atoms. The first-order chi connectivity index (χ1) is 19.0. The lowest BCUT2D eigenvalue weighted by atomic mass is 9.79. The Morgan fingerprint density at radius 1 is 0.650 bits per heavy atom. The maximum Gasteiger partial charge on any atom is 0.187 e. The Bertz CT molecular complexity index is 804. The molecule has 4 fully saturated rings. The molecule has 1 aliphatic heterocycles. The molecule has 0 spiro atoms. The minimum Gasteiger partial charge on any atom is -0.394 e. The molecular weight excluding hydrogens is 528 g/mol. The number of aliphatic hydroxyl groups is 5. The lowest BCUT2D eigenvalue weighted by Crippen LogP contribution is -2.65. The highest BCUT2D eigenvalue weighted by Crippen LogP contribution is 2.35. The molecule has 3 aliphatic carbocycles. The summed E-state index contributed by atoms with van der Waals surface area (Å²) in [5.74, 6) is -0.216. The number of hydrogen-bond donors (Lipinski definition) is 11. The second kappa shape index (κ2) is 13.8. The third kappa shape index (κ3) is 6.64. The van der Waals surface area contributed by atoms with Gasteiger partial charge in [0, 0.05) is 24.0 Å². The predicted octanol–water partition coefficient (Wildman–Crippen LogP) is -5.51. The molecule has 0 amide bonds. The van der Waals surface area contributed by atoms with E-state index in [0.29, 0.717) is 13.0 Å². The van der Waals surface area contributed by atoms with Crippen molar-refractivity contribution in [3.8, 4) is 0 Å². The summed E-state index contributed by atoms with van der Waals surface area (Å²) >= 11 is 0. The van der Waals surface area contributed by atoms with Crippen LogP contribution in [-0.2, 0) is 18.9 Å². The Labute approximate surface area is 234 Å². The van der Waals surface area contributed by atoms with Crippen LogP contribution in [0.25, 0.3) is 0 Å². The molecule has 3 saturated carbocycles. The molecule has 0 aromatic heterocycles. The zero-order valence-electron chi connectivity index (χ0n) is 22.8. The molecule has 0 radical (unpaired) electrons. The van der Waals surface area contributed by atoms with Crippen molar-refractivity contribution in [1.82, 2.24) is 0 Å². The number of hydrogen-bond acceptors (Lipinski definition) is 15. The van der Waals surface area contributed by atoms with Gasteiger partial charge in [-0.3, -0.25) is 0 Å². The van der Waals surface area contributed by atoms with Gasteiger partial charge in [0.1, 0.15) is 30.5 Å². The molecule has 15 heteroatoms. The van der Waals surface area contributed by atoms with Gasteiger partial charge in [-0.1, -0.05) is 0 Å². The van der Waals surface area contributed by atoms with E-state index >= 15 is 0 Å². The molecule has 234 valence electrons. The van der Waals surface area contributed by atoms with Crippen LogP contribution in [0.3, 0.4) is 0 Å². The summed E-state index contributed by atoms with van der Waals surface area (Å²) in [6.45, 7) is 0.0932. The smallest absolute Gasteiger partial charge is 0.187 e. The number of nitrogens with two attached hydrogens (primary N) is 6. The van der Waals surface area contributed by atoms with E-state index in [1.807, 2.05) is 0 Å². The van der Waals surface area contributed by atoms with E-state index in [2.05, 4.69) is 0 Å². The SMILES string of the molecule is NC[C@@H]1CC[C@@H](N)[C@@H](O[C@H]2[C@H](O[C@@H]3O[C@H](CO)[C@@H](O[C@H]4C[C@@H](CN)[C@@H](O)[C@H](O)[C@H]4N)[C@H]3O)[C@@H](O)[C@H](N)C[C@@H]2N)C1. The average Bonchev–Trinajstić information content (AvgIpc) is 3.23. The summed E-state index contributed by atoms with van der Waals surface area (Å²) in [5, 5.41) is 52.8. The van der Waals surface area contributed by atoms with Crippen LogP contribution in [0.1, 0.15) is 32.1 Å². The van der Waals surface area contributed by atoms with Gasteiger partial charge in [0.15, 0.2) is 6.29 Å². The Morgan fingerprint density at radius 3 is 2.00 bits per heavy atom. The van der Waals surface area contributed by atoms with Gasteiger partial charge >= 0.3 is 0 Å². The zero-order valence-corrected chi connectivity index (χ0v) is 22.8. The second-order valence-electron chi connectivity index (χ2n) is 12.0. The Hall–Kier alpha value is -0.600. The molecule has 15 nitrogen and oxygen atoms in total. The first kappa shape index (κ1) is 32.3. The third-order valence-electron chi connectivity index (χ3n) is 9.27. The quantitative estimate of drug-likeness (QED) is 0.122. The maximum atomic E-state index is 11.2. The lowest BCUT2D eigenvalue weighted by Gasteiger charge is -2.46. The Balaban J connectivity index is 1.48. The van der Waals surface area contributed by atoms with Crippen molar-refractivity contribution in [2.24, 2.45) is 46.2 Å². The summed E-state index contributed by atoms with van der Waals surface area (Å²) in [6, 6.07) is -2.50. The molecule has 1 saturated heterocycles. The molecular formula is C25H50N6O9. The molecule has 0 aromatic rings. The van der Waals surface area contributed by atoms with Crippen molar-refractivity contribution in [1.29, 1.82) is 0 Å². The van der Waals surface area contributed by atoms with Crippen LogP contribution in [0, 0.1) is 11.8 Å². The van der Waals surface area contributed by atoms with Crippen LogP contribution in [-0.4, -0.2) is 137 Å². The minimum absolute atomic E-state index is 0.0990. The number of aliphatic hydroxyl groups excluding tert-OH is 5. The Kier molecular flexibility index (Phi) is 11.1. The average molecular weight is 579 g/mol. The van der Waals surface area contributed by atoms with E-state index in [9.17, 15) is 25.5 Å². The number of rotatable bonds is 9. The molecule has 17 N–H and O–H groups in total. The fourth-order valence-electron chi connectivity index (χ4n) is 6.61. The summed E-state index contributed by atoms with van der Waals surface area (Å²) in [5.41, 5.74) is 36.7. The lowest BCUT2D eigenvalue weighted by molar-refractivity contribution is -0.255. The summed E-state index contributed by atoms with van der Waals surface area (Å²) in [6.07, 6.45) is -8.64. The van der Waals surface area contributed by atoms with Crippen LogP contribution in [0.2, 0.25) is 0 Å². The standard InChI is InChI=1S/C25H50N6O9/c26-6-9-1-2-11(28)14(3-9)37-22-13(30)5-12(29)19(34)24(22)40-25-21(36)23(16(8-32)39-25)38-15-4-10(7-27)18(33)20(35)17(15)31/h9-25,32-36H,1-8,26-31H2/t9-,10+,11-,12-,13+,14+,15+,16-,17+,18-,19+,20-,21-,22-,23-,24-,25+/m1/s1. The van der Waals surface area contributed by atoms with E-state index in [0.717, 1.165) is 12.8 Å². The van der Waals surface area contributed by atoms with Crippen LogP contribution in [0.15, 0.2) is 0 Å². The third-order valence-corrected chi connectivity index (χ3v) is 9.27. The van der Waals surface area contributed by atoms with Gasteiger partial charge in [-0.05, 0) is 51.1 Å². The molecule has 1 heterocycles. The van der Waals surface area contributed by atoms with E-state index in [1.54, 1.807) is 0 Å². The summed E-state index contributed by atoms with van der Waals surface area (Å²) in [4.78, 5) is 0. The number of ether oxygens (including phenoxy) is 4. The molecule has 0 unspecified atom stereocenters. The van der Waals surface area contributed by atoms with Crippen molar-refractivity contribution in [2.75, 3.05) is 19.7 Å². The van der Waals surface area contributed by atoms with Crippen LogP contribution in [0.4, 0.5) is 0 Å². The topological polar surface area (TPSA) is 294 Å². The van der Waals surface area contributed by atoms with Crippen molar-refractivity contribution in [2.45, 2.75) is 124 Å². The maximum absolute atomic E-state index is 11.2. The predicted molar refractivity (Wildman–Crippen MR) is 142 cm³/mol. The van der Waals surface area contributed by atoms with Gasteiger partial charge in [0.25, 0.3) is 0 Å². The minimum atomic E-state index is -1.41. The fourth-order valence-corrected chi connectivity index (χ4v) is 6.61. The second-order valence-corrected chi connectivity index (χ2v) is 12.0. The van der Waals surface area contributed by atoms with Gasteiger partial charge in [0.2, 0.25) is 0 Å². The highest BCUT2D eigenvalue weighted by Gasteiger charge is 2.53. The fraction of sp³-hybridized carbons (Fsp3) is 1.00. The van der Waals surface area contributed by atoms with E-state index in [1.165, 1.54) is 0 Å². The van der Waals surface area contributed by atoms with Crippen LogP contribution in [0.5, 0.6) is 0 Å². The van der Waals surface area contributed by atoms with Crippen molar-refractivity contribution in [3.05, 3.63) is 0 Å². The van der Waals surface area contributed by atoms with Crippen molar-refractivity contribution in [3.63, 3.8) is 0 Å². The summed E-state index contributed by atoms with van der Waals surface area (Å²) < 4.78 is 24.4. The van der Waals surface area contributed by atoms with E-state index in [-0.39, 0.29) is 37.5 Å². The highest BCUT2D eigenvalue weighted by atomic mass is 16.7. The van der Waals surface area contributed by atoms with Gasteiger partial charge in [-0.2, -0.15) is 0 Å². The monoisotopic (exact) mass is 578 g/mol. The van der Waals surface area contributed by atoms with Crippen LogP contribution >= 0.6 is 0 Å². The highest BCUT2D eigenvalue weighted by molar-refractivity contribution is 5.02.